The molecule has 1 amide bonds. The van der Waals surface area contributed by atoms with Crippen molar-refractivity contribution < 1.29 is 23.0 Å². The number of benzene rings is 1. The molecular weight excluding hydrogens is 330 g/mol. The molecule has 1 N–H and O–H groups in total. The Labute approximate surface area is 141 Å². The standard InChI is InChI=1S/C15H22F2N2O3.ClH/c1-10(8-18-2)14(20)19(3)9-11-5-6-12(21-4)13(7-11)22-15(16)17;/h5-7,10,15,18H,8-9H2,1-4H3;1H. The second-order valence-electron chi connectivity index (χ2n) is 5.02. The summed E-state index contributed by atoms with van der Waals surface area (Å²) in [4.78, 5) is 13.7. The van der Waals surface area contributed by atoms with E-state index in [9.17, 15) is 13.6 Å². The first-order valence-corrected chi connectivity index (χ1v) is 6.90. The zero-order valence-corrected chi connectivity index (χ0v) is 14.5. The van der Waals surface area contributed by atoms with Gasteiger partial charge in [-0.05, 0) is 24.7 Å². The number of methoxy groups -OCH3 is 1. The molecule has 0 saturated heterocycles. The maximum atomic E-state index is 12.4. The van der Waals surface area contributed by atoms with Gasteiger partial charge in [-0.2, -0.15) is 8.78 Å². The van der Waals surface area contributed by atoms with E-state index in [2.05, 4.69) is 10.1 Å². The fourth-order valence-corrected chi connectivity index (χ4v) is 2.13. The van der Waals surface area contributed by atoms with E-state index in [1.165, 1.54) is 13.2 Å². The van der Waals surface area contributed by atoms with Crippen LogP contribution in [-0.4, -0.2) is 45.2 Å². The lowest BCUT2D eigenvalue weighted by atomic mass is 10.1. The van der Waals surface area contributed by atoms with Crippen LogP contribution in [0.1, 0.15) is 12.5 Å². The van der Waals surface area contributed by atoms with Gasteiger partial charge in [0.15, 0.2) is 11.5 Å². The maximum absolute atomic E-state index is 12.4. The normalized spacial score (nSPS) is 11.6. The molecule has 1 aromatic rings. The van der Waals surface area contributed by atoms with E-state index < -0.39 is 6.61 Å². The summed E-state index contributed by atoms with van der Waals surface area (Å²) < 4.78 is 34.2. The molecule has 1 rings (SSSR count). The average molecular weight is 353 g/mol. The molecule has 0 saturated carbocycles. The van der Waals surface area contributed by atoms with Crippen molar-refractivity contribution in [1.82, 2.24) is 10.2 Å². The van der Waals surface area contributed by atoms with Crippen molar-refractivity contribution in [3.05, 3.63) is 23.8 Å². The number of rotatable bonds is 8. The quantitative estimate of drug-likeness (QED) is 0.781. The first kappa shape index (κ1) is 21.4. The van der Waals surface area contributed by atoms with Crippen LogP contribution in [0.4, 0.5) is 8.78 Å². The molecule has 23 heavy (non-hydrogen) atoms. The van der Waals surface area contributed by atoms with Gasteiger partial charge in [-0.15, -0.1) is 12.4 Å². The summed E-state index contributed by atoms with van der Waals surface area (Å²) in [5.74, 6) is -0.00719. The van der Waals surface area contributed by atoms with Crippen LogP contribution >= 0.6 is 12.4 Å². The molecule has 0 aliphatic heterocycles. The predicted octanol–water partition coefficient (Wildman–Crippen LogP) is 2.53. The van der Waals surface area contributed by atoms with E-state index in [4.69, 9.17) is 4.74 Å². The van der Waals surface area contributed by atoms with Gasteiger partial charge in [-0.1, -0.05) is 13.0 Å². The summed E-state index contributed by atoms with van der Waals surface area (Å²) in [5.41, 5.74) is 0.684. The molecule has 0 aliphatic carbocycles. The number of carbonyl (C=O) groups excluding carboxylic acids is 1. The number of hydrogen-bond donors (Lipinski definition) is 1. The molecule has 8 heteroatoms. The second kappa shape index (κ2) is 10.2. The zero-order valence-electron chi connectivity index (χ0n) is 13.6. The van der Waals surface area contributed by atoms with Gasteiger partial charge in [-0.25, -0.2) is 0 Å². The minimum absolute atomic E-state index is 0. The van der Waals surface area contributed by atoms with E-state index in [1.807, 2.05) is 6.92 Å². The maximum Gasteiger partial charge on any atom is 0.387 e. The van der Waals surface area contributed by atoms with Crippen molar-refractivity contribution in [2.75, 3.05) is 27.7 Å². The fourth-order valence-electron chi connectivity index (χ4n) is 2.13. The lowest BCUT2D eigenvalue weighted by Gasteiger charge is -2.22. The van der Waals surface area contributed by atoms with Crippen molar-refractivity contribution in [2.24, 2.45) is 5.92 Å². The van der Waals surface area contributed by atoms with E-state index in [0.29, 0.717) is 18.7 Å². The van der Waals surface area contributed by atoms with Gasteiger partial charge in [0.2, 0.25) is 5.91 Å². The van der Waals surface area contributed by atoms with Crippen molar-refractivity contribution in [3.8, 4) is 11.5 Å². The van der Waals surface area contributed by atoms with Gasteiger partial charge in [0, 0.05) is 26.1 Å². The zero-order chi connectivity index (χ0) is 16.7. The summed E-state index contributed by atoms with van der Waals surface area (Å²) in [5, 5.41) is 2.95. The monoisotopic (exact) mass is 352 g/mol. The van der Waals surface area contributed by atoms with Crippen LogP contribution in [-0.2, 0) is 11.3 Å². The van der Waals surface area contributed by atoms with Crippen LogP contribution in [0.5, 0.6) is 11.5 Å². The summed E-state index contributed by atoms with van der Waals surface area (Å²) >= 11 is 0. The Morgan fingerprint density at radius 1 is 1.35 bits per heavy atom. The predicted molar refractivity (Wildman–Crippen MR) is 86.4 cm³/mol. The lowest BCUT2D eigenvalue weighted by Crippen LogP contribution is -2.35. The minimum atomic E-state index is -2.93. The van der Waals surface area contributed by atoms with Crippen LogP contribution in [0, 0.1) is 5.92 Å². The molecule has 0 radical (unpaired) electrons. The van der Waals surface area contributed by atoms with E-state index in [0.717, 1.165) is 0 Å². The summed E-state index contributed by atoms with van der Waals surface area (Å²) in [7, 11) is 4.83. The molecule has 1 unspecified atom stereocenters. The number of ether oxygens (including phenoxy) is 2. The van der Waals surface area contributed by atoms with Crippen molar-refractivity contribution in [3.63, 3.8) is 0 Å². The highest BCUT2D eigenvalue weighted by Crippen LogP contribution is 2.29. The second-order valence-corrected chi connectivity index (χ2v) is 5.02. The van der Waals surface area contributed by atoms with Crippen LogP contribution < -0.4 is 14.8 Å². The Bertz CT molecular complexity index is 504. The van der Waals surface area contributed by atoms with Gasteiger partial charge >= 0.3 is 6.61 Å². The number of halogens is 3. The molecule has 0 spiro atoms. The van der Waals surface area contributed by atoms with Crippen LogP contribution in [0.15, 0.2) is 18.2 Å². The van der Waals surface area contributed by atoms with Crippen molar-refractivity contribution >= 4 is 18.3 Å². The number of hydrogen-bond acceptors (Lipinski definition) is 4. The molecule has 0 aliphatic rings. The molecule has 0 fully saturated rings. The average Bonchev–Trinajstić information content (AvgIpc) is 2.46. The molecule has 1 atom stereocenters. The topological polar surface area (TPSA) is 50.8 Å². The first-order valence-electron chi connectivity index (χ1n) is 6.90. The Kier molecular flexibility index (Phi) is 9.52. The largest absolute Gasteiger partial charge is 0.493 e. The summed E-state index contributed by atoms with van der Waals surface area (Å²) in [6, 6.07) is 4.71. The Balaban J connectivity index is 0.00000484. The molecule has 1 aromatic carbocycles. The number of nitrogens with one attached hydrogen (secondary N) is 1. The molecule has 0 heterocycles. The molecule has 0 aromatic heterocycles. The highest BCUT2D eigenvalue weighted by molar-refractivity contribution is 5.85. The van der Waals surface area contributed by atoms with Crippen LogP contribution in [0.2, 0.25) is 0 Å². The third kappa shape index (κ3) is 6.58. The lowest BCUT2D eigenvalue weighted by molar-refractivity contribution is -0.134. The van der Waals surface area contributed by atoms with Crippen molar-refractivity contribution in [2.45, 2.75) is 20.1 Å². The summed E-state index contributed by atoms with van der Waals surface area (Å²) in [6.45, 7) is -0.226. The number of alkyl halides is 2. The number of carbonyl (C=O) groups is 1. The molecular formula is C15H23ClF2N2O3. The van der Waals surface area contributed by atoms with E-state index >= 15 is 0 Å². The Hall–Kier alpha value is -1.60. The van der Waals surface area contributed by atoms with Crippen LogP contribution in [0.3, 0.4) is 0 Å². The highest BCUT2D eigenvalue weighted by Gasteiger charge is 2.18. The van der Waals surface area contributed by atoms with Crippen LogP contribution in [0.25, 0.3) is 0 Å². The third-order valence-electron chi connectivity index (χ3n) is 3.17. The fraction of sp³-hybridized carbons (Fsp3) is 0.533. The minimum Gasteiger partial charge on any atom is -0.493 e. The summed E-state index contributed by atoms with van der Waals surface area (Å²) in [6.07, 6.45) is 0. The van der Waals surface area contributed by atoms with Gasteiger partial charge in [0.25, 0.3) is 0 Å². The SMILES string of the molecule is CNCC(C)C(=O)N(C)Cc1ccc(OC)c(OC(F)F)c1.Cl. The Morgan fingerprint density at radius 3 is 2.52 bits per heavy atom. The smallest absolute Gasteiger partial charge is 0.387 e. The van der Waals surface area contributed by atoms with Gasteiger partial charge in [0.05, 0.1) is 7.11 Å². The molecule has 0 bridgehead atoms. The van der Waals surface area contributed by atoms with E-state index in [1.54, 1.807) is 31.1 Å². The third-order valence-corrected chi connectivity index (χ3v) is 3.17. The highest BCUT2D eigenvalue weighted by atomic mass is 35.5. The first-order chi connectivity index (χ1) is 10.4. The van der Waals surface area contributed by atoms with Gasteiger partial charge < -0.3 is 19.7 Å². The Morgan fingerprint density at radius 2 is 2.00 bits per heavy atom. The van der Waals surface area contributed by atoms with Gasteiger partial charge in [-0.3, -0.25) is 4.79 Å². The molecule has 5 nitrogen and oxygen atoms in total. The van der Waals surface area contributed by atoms with Gasteiger partial charge in [0.1, 0.15) is 0 Å². The van der Waals surface area contributed by atoms with E-state index in [-0.39, 0.29) is 35.7 Å². The molecule has 132 valence electrons. The number of amides is 1. The van der Waals surface area contributed by atoms with Crippen molar-refractivity contribution in [1.29, 1.82) is 0 Å². The number of nitrogens with zero attached hydrogens (tertiary/aromatic N) is 1.